The van der Waals surface area contributed by atoms with Crippen LogP contribution in [0.15, 0.2) is 24.3 Å². The van der Waals surface area contributed by atoms with Crippen molar-refractivity contribution in [1.82, 2.24) is 14.8 Å². The third kappa shape index (κ3) is 4.25. The van der Waals surface area contributed by atoms with E-state index in [4.69, 9.17) is 0 Å². The maximum Gasteiger partial charge on any atom is 0.265 e. The number of aryl methyl sites for hydroxylation is 2. The van der Waals surface area contributed by atoms with Gasteiger partial charge in [0.15, 0.2) is 0 Å². The lowest BCUT2D eigenvalue weighted by Gasteiger charge is -2.22. The molecule has 6 heteroatoms. The van der Waals surface area contributed by atoms with Gasteiger partial charge in [-0.05, 0) is 25.8 Å². The van der Waals surface area contributed by atoms with E-state index in [2.05, 4.69) is 16.8 Å². The Balaban J connectivity index is 1.64. The monoisotopic (exact) mass is 361 g/mol. The minimum Gasteiger partial charge on any atom is -0.337 e. The molecule has 1 saturated heterocycles. The second kappa shape index (κ2) is 8.06. The molecule has 1 amide bonds. The van der Waals surface area contributed by atoms with Crippen LogP contribution in [0.3, 0.4) is 0 Å². The number of thiazole rings is 1. The molecule has 4 nitrogen and oxygen atoms in total. The van der Waals surface area contributed by atoms with Crippen molar-refractivity contribution < 1.29 is 9.18 Å². The number of carbonyl (C=O) groups is 1. The van der Waals surface area contributed by atoms with Crippen molar-refractivity contribution in [3.05, 3.63) is 51.2 Å². The number of rotatable bonds is 4. The third-order valence-corrected chi connectivity index (χ3v) is 5.85. The quantitative estimate of drug-likeness (QED) is 0.836. The summed E-state index contributed by atoms with van der Waals surface area (Å²) in [6, 6.07) is 6.91. The van der Waals surface area contributed by atoms with Crippen molar-refractivity contribution in [2.24, 2.45) is 0 Å². The molecule has 0 atom stereocenters. The van der Waals surface area contributed by atoms with Crippen LogP contribution in [0.25, 0.3) is 0 Å². The van der Waals surface area contributed by atoms with E-state index in [-0.39, 0.29) is 11.7 Å². The van der Waals surface area contributed by atoms with Crippen molar-refractivity contribution in [2.45, 2.75) is 33.2 Å². The molecule has 0 aliphatic carbocycles. The van der Waals surface area contributed by atoms with Crippen molar-refractivity contribution >= 4 is 17.2 Å². The Morgan fingerprint density at radius 2 is 2.04 bits per heavy atom. The van der Waals surface area contributed by atoms with Crippen LogP contribution < -0.4 is 0 Å². The molecule has 1 aliphatic rings. The number of hydrogen-bond acceptors (Lipinski definition) is 4. The highest BCUT2D eigenvalue weighted by molar-refractivity contribution is 7.13. The maximum absolute atomic E-state index is 13.9. The predicted molar refractivity (Wildman–Crippen MR) is 98.4 cm³/mol. The highest BCUT2D eigenvalue weighted by Crippen LogP contribution is 2.21. The van der Waals surface area contributed by atoms with E-state index in [1.54, 1.807) is 6.07 Å². The van der Waals surface area contributed by atoms with Gasteiger partial charge in [-0.1, -0.05) is 25.1 Å². The van der Waals surface area contributed by atoms with Gasteiger partial charge in [0.25, 0.3) is 5.91 Å². The molecule has 1 fully saturated rings. The Kier molecular flexibility index (Phi) is 5.81. The van der Waals surface area contributed by atoms with Crippen LogP contribution in [-0.2, 0) is 13.0 Å². The maximum atomic E-state index is 13.9. The number of amides is 1. The van der Waals surface area contributed by atoms with Gasteiger partial charge < -0.3 is 4.90 Å². The summed E-state index contributed by atoms with van der Waals surface area (Å²) in [5.41, 5.74) is 1.55. The molecule has 134 valence electrons. The van der Waals surface area contributed by atoms with Gasteiger partial charge in [-0.25, -0.2) is 9.37 Å². The summed E-state index contributed by atoms with van der Waals surface area (Å²) in [6.07, 6.45) is 1.76. The Hall–Kier alpha value is -1.79. The number of benzene rings is 1. The summed E-state index contributed by atoms with van der Waals surface area (Å²) >= 11 is 1.51. The topological polar surface area (TPSA) is 36.4 Å². The zero-order chi connectivity index (χ0) is 17.8. The smallest absolute Gasteiger partial charge is 0.265 e. The summed E-state index contributed by atoms with van der Waals surface area (Å²) in [5.74, 6) is -0.0745. The summed E-state index contributed by atoms with van der Waals surface area (Å²) < 4.78 is 13.9. The number of carbonyl (C=O) groups excluding carboxylic acids is 1. The molecule has 2 heterocycles. The average Bonchev–Trinajstić information content (AvgIpc) is 2.84. The Morgan fingerprint density at radius 1 is 1.24 bits per heavy atom. The zero-order valence-electron chi connectivity index (χ0n) is 14.8. The molecule has 0 spiro atoms. The molecule has 25 heavy (non-hydrogen) atoms. The number of hydrogen-bond donors (Lipinski definition) is 0. The Morgan fingerprint density at radius 3 is 2.76 bits per heavy atom. The molecule has 2 aromatic rings. The first-order valence-corrected chi connectivity index (χ1v) is 9.61. The first kappa shape index (κ1) is 18.0. The van der Waals surface area contributed by atoms with Gasteiger partial charge in [0.05, 0.1) is 10.7 Å². The minimum absolute atomic E-state index is 0.0856. The summed E-state index contributed by atoms with van der Waals surface area (Å²) in [5, 5.41) is 1.01. The van der Waals surface area contributed by atoms with Gasteiger partial charge in [-0.3, -0.25) is 9.69 Å². The lowest BCUT2D eigenvalue weighted by atomic mass is 10.2. The van der Waals surface area contributed by atoms with E-state index in [9.17, 15) is 9.18 Å². The van der Waals surface area contributed by atoms with Gasteiger partial charge >= 0.3 is 0 Å². The highest BCUT2D eigenvalue weighted by Gasteiger charge is 2.24. The fourth-order valence-corrected chi connectivity index (χ4v) is 4.12. The SMILES string of the molecule is CCc1nc(C)c(C(=O)N2CCCN(Cc3ccccc3F)CC2)s1. The van der Waals surface area contributed by atoms with Crippen molar-refractivity contribution in [3.63, 3.8) is 0 Å². The fourth-order valence-electron chi connectivity index (χ4n) is 3.15. The number of aromatic nitrogens is 1. The standard InChI is InChI=1S/C19H24FN3OS/c1-3-17-21-14(2)18(25-17)19(24)23-10-6-9-22(11-12-23)13-15-7-4-5-8-16(15)20/h4-5,7-8H,3,6,9-13H2,1-2H3. The lowest BCUT2D eigenvalue weighted by molar-refractivity contribution is 0.0765. The molecule has 1 aromatic heterocycles. The van der Waals surface area contributed by atoms with Gasteiger partial charge in [-0.15, -0.1) is 11.3 Å². The van der Waals surface area contributed by atoms with E-state index >= 15 is 0 Å². The van der Waals surface area contributed by atoms with Crippen molar-refractivity contribution in [3.8, 4) is 0 Å². The first-order chi connectivity index (χ1) is 12.1. The average molecular weight is 361 g/mol. The molecule has 0 bridgehead atoms. The highest BCUT2D eigenvalue weighted by atomic mass is 32.1. The van der Waals surface area contributed by atoms with Crippen LogP contribution in [0.2, 0.25) is 0 Å². The molecule has 0 unspecified atom stereocenters. The number of halogens is 1. The van der Waals surface area contributed by atoms with Gasteiger partial charge in [0.2, 0.25) is 0 Å². The lowest BCUT2D eigenvalue weighted by Crippen LogP contribution is -2.35. The predicted octanol–water partition coefficient (Wildman–Crippen LogP) is 3.50. The molecular weight excluding hydrogens is 337 g/mol. The molecular formula is C19H24FN3OS. The van der Waals surface area contributed by atoms with Crippen LogP contribution in [0.5, 0.6) is 0 Å². The van der Waals surface area contributed by atoms with Crippen LogP contribution in [0.1, 0.15) is 39.3 Å². The largest absolute Gasteiger partial charge is 0.337 e. The fraction of sp³-hybridized carbons (Fsp3) is 0.474. The molecule has 0 radical (unpaired) electrons. The first-order valence-electron chi connectivity index (χ1n) is 8.79. The number of nitrogens with zero attached hydrogens (tertiary/aromatic N) is 3. The summed E-state index contributed by atoms with van der Waals surface area (Å²) in [7, 11) is 0. The van der Waals surface area contributed by atoms with Gasteiger partial charge in [-0.2, -0.15) is 0 Å². The Bertz CT molecular complexity index is 746. The van der Waals surface area contributed by atoms with E-state index in [1.165, 1.54) is 17.4 Å². The normalized spacial score (nSPS) is 16.0. The van der Waals surface area contributed by atoms with Crippen LogP contribution in [0, 0.1) is 12.7 Å². The van der Waals surface area contributed by atoms with Crippen LogP contribution >= 0.6 is 11.3 Å². The van der Waals surface area contributed by atoms with Gasteiger partial charge in [0.1, 0.15) is 10.7 Å². The zero-order valence-corrected chi connectivity index (χ0v) is 15.6. The third-order valence-electron chi connectivity index (χ3n) is 4.57. The second-order valence-corrected chi connectivity index (χ2v) is 7.47. The molecule has 1 aliphatic heterocycles. The van der Waals surface area contributed by atoms with E-state index in [0.717, 1.165) is 48.1 Å². The molecule has 0 N–H and O–H groups in total. The van der Waals surface area contributed by atoms with Crippen LogP contribution in [0.4, 0.5) is 4.39 Å². The molecule has 3 rings (SSSR count). The van der Waals surface area contributed by atoms with E-state index < -0.39 is 0 Å². The van der Waals surface area contributed by atoms with Gasteiger partial charge in [0, 0.05) is 38.3 Å². The second-order valence-electron chi connectivity index (χ2n) is 6.39. The summed E-state index contributed by atoms with van der Waals surface area (Å²) in [4.78, 5) is 22.2. The Labute approximate surface area is 152 Å². The van der Waals surface area contributed by atoms with Crippen LogP contribution in [-0.4, -0.2) is 46.9 Å². The molecule has 1 aromatic carbocycles. The van der Waals surface area contributed by atoms with E-state index in [0.29, 0.717) is 18.7 Å². The van der Waals surface area contributed by atoms with Crippen molar-refractivity contribution in [2.75, 3.05) is 26.2 Å². The van der Waals surface area contributed by atoms with E-state index in [1.807, 2.05) is 24.0 Å². The summed E-state index contributed by atoms with van der Waals surface area (Å²) in [6.45, 7) is 7.61. The molecule has 0 saturated carbocycles. The minimum atomic E-state index is -0.160. The van der Waals surface area contributed by atoms with Crippen molar-refractivity contribution in [1.29, 1.82) is 0 Å².